The molecule has 0 saturated carbocycles. The van der Waals surface area contributed by atoms with Crippen LogP contribution in [0, 0.1) is 11.5 Å². The van der Waals surface area contributed by atoms with Crippen molar-refractivity contribution in [2.24, 2.45) is 0 Å². The predicted octanol–water partition coefficient (Wildman–Crippen LogP) is -2.25. The second kappa shape index (κ2) is 4.69. The molecule has 10 heavy (non-hydrogen) atoms. The van der Waals surface area contributed by atoms with Crippen molar-refractivity contribution in [1.82, 2.24) is 0 Å². The summed E-state index contributed by atoms with van der Waals surface area (Å²) in [5.74, 6) is 2.17. The Bertz CT molecular complexity index is 170. The molecule has 0 aromatic heterocycles. The van der Waals surface area contributed by atoms with Gasteiger partial charge >= 0.3 is 18.9 Å². The zero-order chi connectivity index (χ0) is 7.49. The van der Waals surface area contributed by atoms with Gasteiger partial charge in [-0.3, -0.25) is 0 Å². The van der Waals surface area contributed by atoms with Gasteiger partial charge in [0.05, 0.1) is 0 Å². The number of hydrogen-bond acceptors (Lipinski definition) is 1. The van der Waals surface area contributed by atoms with Crippen LogP contribution >= 0.6 is 0 Å². The van der Waals surface area contributed by atoms with E-state index in [0.717, 1.165) is 0 Å². The Balaban J connectivity index is 0. The van der Waals surface area contributed by atoms with Crippen LogP contribution in [0.4, 0.5) is 0 Å². The molecule has 0 radical (unpaired) electrons. The molecule has 0 bridgehead atoms. The molecule has 1 nitrogen and oxygen atoms in total. The van der Waals surface area contributed by atoms with Gasteiger partial charge in [-0.1, -0.05) is 37.9 Å². The molecule has 0 aliphatic carbocycles. The molecule has 0 aliphatic rings. The molecule has 0 saturated heterocycles. The SMILES string of the molecule is C=C([O-])C#C[Si](C)(C)C.[Li+]. The minimum absolute atomic E-state index is 0. The van der Waals surface area contributed by atoms with Crippen LogP contribution in [0.2, 0.25) is 19.6 Å². The van der Waals surface area contributed by atoms with Crippen LogP contribution in [0.5, 0.6) is 0 Å². The summed E-state index contributed by atoms with van der Waals surface area (Å²) in [4.78, 5) is 0. The number of hydrogen-bond donors (Lipinski definition) is 0. The number of rotatable bonds is 0. The fourth-order valence-corrected chi connectivity index (χ4v) is 0.772. The molecule has 0 rings (SSSR count). The van der Waals surface area contributed by atoms with Crippen molar-refractivity contribution >= 4 is 8.07 Å². The maximum Gasteiger partial charge on any atom is 1.00 e. The fourth-order valence-electron chi connectivity index (χ4n) is 0.257. The molecule has 0 aliphatic heterocycles. The minimum atomic E-state index is -1.34. The molecular formula is C7H11LiOSi. The monoisotopic (exact) mass is 146 g/mol. The Hall–Kier alpha value is -0.0857. The second-order valence-corrected chi connectivity index (χ2v) is 7.67. The fraction of sp³-hybridized carbons (Fsp3) is 0.429. The van der Waals surface area contributed by atoms with E-state index in [4.69, 9.17) is 0 Å². The van der Waals surface area contributed by atoms with Crippen molar-refractivity contribution in [1.29, 1.82) is 0 Å². The minimum Gasteiger partial charge on any atom is -0.867 e. The molecule has 0 heterocycles. The summed E-state index contributed by atoms with van der Waals surface area (Å²) in [5.41, 5.74) is 2.90. The van der Waals surface area contributed by atoms with E-state index >= 15 is 0 Å². The summed E-state index contributed by atoms with van der Waals surface area (Å²) in [7, 11) is -1.34. The van der Waals surface area contributed by atoms with Crippen molar-refractivity contribution < 1.29 is 24.0 Å². The van der Waals surface area contributed by atoms with Crippen LogP contribution < -0.4 is 24.0 Å². The molecule has 0 fully saturated rings. The molecule has 0 N–H and O–H groups in total. The third kappa shape index (κ3) is 10.8. The Morgan fingerprint density at radius 1 is 1.40 bits per heavy atom. The predicted molar refractivity (Wildman–Crippen MR) is 40.3 cm³/mol. The van der Waals surface area contributed by atoms with E-state index in [0.29, 0.717) is 0 Å². The van der Waals surface area contributed by atoms with Gasteiger partial charge in [-0.15, -0.1) is 5.54 Å². The van der Waals surface area contributed by atoms with Crippen LogP contribution in [0.25, 0.3) is 0 Å². The summed E-state index contributed by atoms with van der Waals surface area (Å²) in [6.45, 7) is 9.41. The van der Waals surface area contributed by atoms with Gasteiger partial charge < -0.3 is 5.11 Å². The molecule has 0 aromatic rings. The van der Waals surface area contributed by atoms with Crippen LogP contribution in [0.3, 0.4) is 0 Å². The van der Waals surface area contributed by atoms with E-state index in [1.807, 2.05) is 0 Å². The Morgan fingerprint density at radius 2 is 1.80 bits per heavy atom. The normalized spacial score (nSPS) is 8.70. The van der Waals surface area contributed by atoms with E-state index in [1.54, 1.807) is 0 Å². The Morgan fingerprint density at radius 3 is 1.90 bits per heavy atom. The first kappa shape index (κ1) is 12.6. The second-order valence-electron chi connectivity index (χ2n) is 2.92. The Kier molecular flexibility index (Phi) is 5.90. The van der Waals surface area contributed by atoms with Crippen LogP contribution in [0.1, 0.15) is 0 Å². The van der Waals surface area contributed by atoms with Crippen molar-refractivity contribution in [3.8, 4) is 11.5 Å². The zero-order valence-electron chi connectivity index (χ0n) is 7.12. The van der Waals surface area contributed by atoms with Gasteiger partial charge in [0.2, 0.25) is 0 Å². The first-order chi connectivity index (χ1) is 3.92. The van der Waals surface area contributed by atoms with Gasteiger partial charge in [-0.2, -0.15) is 0 Å². The van der Waals surface area contributed by atoms with E-state index in [-0.39, 0.29) is 24.6 Å². The molecule has 0 spiro atoms. The largest absolute Gasteiger partial charge is 1.00 e. The van der Waals surface area contributed by atoms with Crippen LogP contribution in [-0.4, -0.2) is 8.07 Å². The van der Waals surface area contributed by atoms with E-state index in [9.17, 15) is 5.11 Å². The quantitative estimate of drug-likeness (QED) is 0.215. The number of allylic oxidation sites excluding steroid dienone is 1. The van der Waals surface area contributed by atoms with Gasteiger partial charge in [0.15, 0.2) is 0 Å². The van der Waals surface area contributed by atoms with Gasteiger partial charge in [-0.25, -0.2) is 0 Å². The zero-order valence-corrected chi connectivity index (χ0v) is 8.12. The van der Waals surface area contributed by atoms with Gasteiger partial charge in [-0.05, 0) is 0 Å². The van der Waals surface area contributed by atoms with Gasteiger partial charge in [0, 0.05) is 0 Å². The summed E-state index contributed by atoms with van der Waals surface area (Å²) in [6, 6.07) is 0. The van der Waals surface area contributed by atoms with Crippen molar-refractivity contribution in [3.63, 3.8) is 0 Å². The first-order valence-electron chi connectivity index (χ1n) is 2.81. The smallest absolute Gasteiger partial charge is 0.867 e. The maximum absolute atomic E-state index is 10.2. The Labute approximate surface area is 75.7 Å². The molecule has 50 valence electrons. The summed E-state index contributed by atoms with van der Waals surface area (Å²) in [6.07, 6.45) is 0. The first-order valence-corrected chi connectivity index (χ1v) is 6.31. The molecule has 0 unspecified atom stereocenters. The average molecular weight is 146 g/mol. The van der Waals surface area contributed by atoms with Crippen molar-refractivity contribution in [2.45, 2.75) is 19.6 Å². The van der Waals surface area contributed by atoms with Crippen LogP contribution in [0.15, 0.2) is 12.3 Å². The third-order valence-corrected chi connectivity index (χ3v) is 1.45. The summed E-state index contributed by atoms with van der Waals surface area (Å²) < 4.78 is 0. The standard InChI is InChI=1S/C7H12OSi.Li/c1-7(8)5-6-9(2,3)4;/h8H,1H2,2-4H3;/q;+1/p-1. The molecule has 3 heteroatoms. The van der Waals surface area contributed by atoms with Gasteiger partial charge in [0.1, 0.15) is 8.07 Å². The average Bonchev–Trinajstić information content (AvgIpc) is 1.59. The molecule has 0 amide bonds. The third-order valence-electron chi connectivity index (χ3n) is 0.577. The topological polar surface area (TPSA) is 23.1 Å². The summed E-state index contributed by atoms with van der Waals surface area (Å²) in [5, 5.41) is 10.2. The van der Waals surface area contributed by atoms with E-state index in [2.05, 4.69) is 37.7 Å². The van der Waals surface area contributed by atoms with Crippen molar-refractivity contribution in [3.05, 3.63) is 12.3 Å². The van der Waals surface area contributed by atoms with Crippen LogP contribution in [-0.2, 0) is 0 Å². The van der Waals surface area contributed by atoms with Crippen molar-refractivity contribution in [2.75, 3.05) is 0 Å². The van der Waals surface area contributed by atoms with Gasteiger partial charge in [0.25, 0.3) is 0 Å². The maximum atomic E-state index is 10.2. The molecule has 0 aromatic carbocycles. The van der Waals surface area contributed by atoms with E-state index in [1.165, 1.54) is 0 Å². The summed E-state index contributed by atoms with van der Waals surface area (Å²) >= 11 is 0. The van der Waals surface area contributed by atoms with E-state index < -0.39 is 8.07 Å². The molecule has 0 atom stereocenters. The molecular weight excluding hydrogens is 135 g/mol.